The molecule has 22 atom stereocenters. The molecule has 1 aromatic rings. The summed E-state index contributed by atoms with van der Waals surface area (Å²) in [6.07, 6.45) is 12.0. The molecule has 4 fully saturated rings. The molecule has 0 unspecified atom stereocenters. The van der Waals surface area contributed by atoms with Gasteiger partial charge in [-0.1, -0.05) is 181 Å². The van der Waals surface area contributed by atoms with Crippen LogP contribution < -0.4 is 0 Å². The van der Waals surface area contributed by atoms with Gasteiger partial charge in [0.25, 0.3) is 0 Å². The van der Waals surface area contributed by atoms with Crippen molar-refractivity contribution in [2.24, 2.45) is 59.2 Å². The van der Waals surface area contributed by atoms with E-state index in [4.69, 9.17) is 64.6 Å². The number of Topliss-reactive ketones (excluding diaryl/α,β-unsaturated/α-hetero) is 4. The number of carbonyl (C=O) groups is 10. The van der Waals surface area contributed by atoms with Crippen molar-refractivity contribution in [1.29, 1.82) is 0 Å². The van der Waals surface area contributed by atoms with Gasteiger partial charge in [0.1, 0.15) is 11.9 Å². The zero-order chi connectivity index (χ0) is 108. The summed E-state index contributed by atoms with van der Waals surface area (Å²) in [5.74, 6) is -1.04. The Kier molecular flexibility index (Phi) is 43.6. The van der Waals surface area contributed by atoms with Crippen molar-refractivity contribution in [1.82, 2.24) is 0 Å². The first-order valence-electron chi connectivity index (χ1n) is 49.8. The molecule has 24 nitrogen and oxygen atoms in total. The molecule has 10 aliphatic rings. The van der Waals surface area contributed by atoms with Gasteiger partial charge in [-0.15, -0.1) is 23.2 Å². The summed E-state index contributed by atoms with van der Waals surface area (Å²) in [5.41, 5.74) is 3.14. The van der Waals surface area contributed by atoms with E-state index in [9.17, 15) is 68.4 Å². The van der Waals surface area contributed by atoms with Crippen molar-refractivity contribution in [3.8, 4) is 0 Å². The van der Waals surface area contributed by atoms with E-state index in [-0.39, 0.29) is 76.7 Å². The van der Waals surface area contributed by atoms with Crippen LogP contribution in [0.15, 0.2) is 159 Å². The van der Waals surface area contributed by atoms with Gasteiger partial charge in [0.2, 0.25) is 11.2 Å². The van der Waals surface area contributed by atoms with Gasteiger partial charge in [-0.3, -0.25) is 28.8 Å². The first-order valence-corrected chi connectivity index (χ1v) is 64.0. The Morgan fingerprint density at radius 3 is 1.57 bits per heavy atom. The molecule has 790 valence electrons. The minimum Gasteiger partial charge on any atom is -0.467 e. The average molecular weight is 2070 g/mol. The number of aldehydes is 1. The maximum absolute atomic E-state index is 13.4. The maximum Gasteiger partial charge on any atom is 0.344 e. The zero-order valence-electron chi connectivity index (χ0n) is 91.4. The first-order chi connectivity index (χ1) is 64.5. The lowest BCUT2D eigenvalue weighted by molar-refractivity contribution is -0.195. The Labute approximate surface area is 857 Å². The first kappa shape index (κ1) is 125. The van der Waals surface area contributed by atoms with Crippen molar-refractivity contribution in [3.05, 3.63) is 165 Å². The van der Waals surface area contributed by atoms with Crippen LogP contribution in [0.1, 0.15) is 234 Å². The topological polar surface area (TPSA) is 344 Å². The Hall–Kier alpha value is -6.85. The molecule has 0 aromatic heterocycles. The fourth-order valence-corrected chi connectivity index (χ4v) is 26.6. The summed E-state index contributed by atoms with van der Waals surface area (Å²) in [6, 6.07) is 9.86. The summed E-state index contributed by atoms with van der Waals surface area (Å²) < 4.78 is 57.4. The molecule has 0 bridgehead atoms. The quantitative estimate of drug-likeness (QED) is 0.0121. The number of rotatable bonds is 27. The number of hydrogen-bond donors (Lipinski definition) is 4. The van der Waals surface area contributed by atoms with E-state index in [0.29, 0.717) is 79.7 Å². The van der Waals surface area contributed by atoms with E-state index >= 15 is 0 Å². The number of alkyl halides is 2. The van der Waals surface area contributed by atoms with Crippen molar-refractivity contribution in [2.75, 3.05) is 26.0 Å². The van der Waals surface area contributed by atoms with Gasteiger partial charge in [0.05, 0.1) is 39.1 Å². The Bertz CT molecular complexity index is 4990. The third-order valence-corrected chi connectivity index (χ3v) is 38.8. The highest BCUT2D eigenvalue weighted by molar-refractivity contribution is 6.74. The fourth-order valence-electron chi connectivity index (χ4n) is 20.5. The third-order valence-electron chi connectivity index (χ3n) is 30.5. The number of ketones is 4. The number of aliphatic hydroxyl groups is 4. The molecule has 0 amide bonds. The maximum atomic E-state index is 13.4. The molecule has 141 heavy (non-hydrogen) atoms. The van der Waals surface area contributed by atoms with Gasteiger partial charge >= 0.3 is 29.8 Å². The summed E-state index contributed by atoms with van der Waals surface area (Å²) in [7, 11) is -5.57. The second kappa shape index (κ2) is 49.3. The number of ether oxygens (including phenoxy) is 6. The second-order valence-electron chi connectivity index (χ2n) is 46.1. The summed E-state index contributed by atoms with van der Waals surface area (Å²) in [4.78, 5) is 120. The predicted molar refractivity (Wildman–Crippen MR) is 568 cm³/mol. The van der Waals surface area contributed by atoms with E-state index in [0.717, 1.165) is 119 Å². The largest absolute Gasteiger partial charge is 0.467 e. The molecule has 4 N–H and O–H groups in total. The van der Waals surface area contributed by atoms with Crippen LogP contribution >= 0.6 is 23.2 Å². The SMILES string of the molecule is C=C(C)[C@@H]1CC=C(C)C(=O)C1.C=C(CCl)[C@@H]1CC=C(C)C(=O)C1.C=C(CCl)[C@@H]1CC=C(C)[C@H](O[Si](C)(C)C(C)(C)C)C1.C=C(C[C@@H](C)C(=O)[C@](C)(O[Si](C)(C)C)C(=O)OC)[C@H]1C[C@@H](C)C(C)=C1C=O.C=C1C[C@@H](OCc2ccccc2)[C@@]2(O)[C@@H](OC(=O)[C@@]2(C)O[Si](C)(C)C)C2=C(C)[C@H](C)C[C@H]12.CC(=O)O[C@@]1(C)C[C@H](O)[C@@]2(O)[C@@H](OC(=O)[C@@]2(C)O)C2=C(C)[C@H](C)C[C@@H]21.CCC(=O)[C@](C)(O[Si](C)(C)C)C(=O)OC. The highest BCUT2D eigenvalue weighted by atomic mass is 35.5. The number of methoxy groups -OCH3 is 2. The van der Waals surface area contributed by atoms with E-state index in [1.165, 1.54) is 46.1 Å². The number of benzene rings is 1. The normalized spacial score (nSPS) is 30.7. The van der Waals surface area contributed by atoms with Gasteiger partial charge < -0.3 is 66.6 Å². The van der Waals surface area contributed by atoms with Crippen molar-refractivity contribution < 1.29 is 114 Å². The number of allylic oxidation sites excluding steroid dienone is 13. The summed E-state index contributed by atoms with van der Waals surface area (Å²) in [6.45, 7) is 82.3. The molecule has 2 saturated heterocycles. The number of fused-ring (bicyclic) bond motifs is 6. The number of esters is 5. The molecular weight excluding hydrogens is 1900 g/mol. The van der Waals surface area contributed by atoms with Crippen LogP contribution in [0.3, 0.4) is 0 Å². The number of halogens is 2. The van der Waals surface area contributed by atoms with Gasteiger partial charge in [-0.25, -0.2) is 19.2 Å². The van der Waals surface area contributed by atoms with Crippen molar-refractivity contribution >= 4 is 116 Å². The van der Waals surface area contributed by atoms with Crippen LogP contribution in [0, 0.1) is 59.2 Å². The molecule has 0 radical (unpaired) electrons. The average Bonchev–Trinajstić information content (AvgIpc) is 1.54. The monoisotopic (exact) mass is 2070 g/mol. The molecule has 30 heteroatoms. The Morgan fingerprint density at radius 2 is 1.09 bits per heavy atom. The molecule has 2 heterocycles. The molecular formula is C111H172Cl2O24Si4. The molecule has 2 saturated carbocycles. The van der Waals surface area contributed by atoms with Crippen LogP contribution in [0.25, 0.3) is 0 Å². The standard InChI is InChI=1S/C26H36O5Si.C21H34O5Si.C18H26O7.C16H29ClOSi.C10H13ClO.C10H20O4Si.C10H14O/c1-16-13-20-17(2)14-21(29-15-19-11-9-8-10-12-19)26(28)23(22(20)18(16)3)30-24(27)25(26,4)31-32(5,6)7;1-13-11-17(18(12-22)16(13)4)14(2)10-15(3)19(23)21(5,20(24)25-6)26-27(7,8)9;1-8-6-11-13(9(8)2)14-18(23,17(5,22)15(21)24-14)12(20)7-16(11,4)25-10(3)19;1-12-8-9-14(13(2)11-17)10-15(12)18-19(6,7)16(3,4)5;1-7-3-4-9(5-10(7)12)8(2)6-11;1-7-8(11)10(2,9(12)13-3)14-15(4,5)6;1-7(2)9-5-4-8(3)10(11)6-9/h8-12,16,20-21,23,28H,2,13-15H2,1,3-7H3;12-13,15,17H,2,10-11H2,1,3-9H3;8,11-12,14,20,22-23H,6-7H2,1-5H3;8,14-15H,2,9-11H2,1,3-7H3;3,9H,2,4-6H2,1H3;7H2,1-6H3;4,9H,1,5-6H2,2-3H3/t16-,20-,21-,23+,25-,26-;13-,15-,17-,21+;8-,11+,12+,14+,16+,17-,18-;14-,15-;9-;10-;9-/m1111101/s1. The van der Waals surface area contributed by atoms with Gasteiger partial charge in [-0.05, 0) is 292 Å². The van der Waals surface area contributed by atoms with E-state index < -0.39 is 133 Å². The van der Waals surface area contributed by atoms with E-state index in [1.807, 2.05) is 143 Å². The van der Waals surface area contributed by atoms with E-state index in [2.05, 4.69) is 105 Å². The van der Waals surface area contributed by atoms with Crippen LogP contribution in [0.5, 0.6) is 0 Å². The van der Waals surface area contributed by atoms with Crippen LogP contribution in [0.4, 0.5) is 0 Å². The fraction of sp³-hybridized carbons (Fsp3) is 0.658. The van der Waals surface area contributed by atoms with Crippen molar-refractivity contribution in [3.63, 3.8) is 0 Å². The number of aliphatic hydroxyl groups excluding tert-OH is 1. The number of carbonyl (C=O) groups excluding carboxylic acids is 10. The summed E-state index contributed by atoms with van der Waals surface area (Å²) >= 11 is 11.6. The van der Waals surface area contributed by atoms with Crippen LogP contribution in [-0.2, 0) is 101 Å². The van der Waals surface area contributed by atoms with Crippen LogP contribution in [0.2, 0.25) is 77.1 Å². The zero-order valence-corrected chi connectivity index (χ0v) is 96.9. The smallest absolute Gasteiger partial charge is 0.344 e. The van der Waals surface area contributed by atoms with E-state index in [1.54, 1.807) is 27.7 Å². The van der Waals surface area contributed by atoms with Gasteiger partial charge in [-0.2, -0.15) is 0 Å². The lowest BCUT2D eigenvalue weighted by Crippen LogP contribution is -2.66. The van der Waals surface area contributed by atoms with Gasteiger partial charge in [0.15, 0.2) is 91.0 Å². The Balaban J connectivity index is 0.000000299. The molecule has 1 aromatic carbocycles. The molecule has 11 rings (SSSR count). The number of hydrogen-bond acceptors (Lipinski definition) is 24. The highest BCUT2D eigenvalue weighted by Gasteiger charge is 2.75. The summed E-state index contributed by atoms with van der Waals surface area (Å²) in [5, 5.41) is 45.4. The lowest BCUT2D eigenvalue weighted by atomic mass is 9.75. The second-order valence-corrected chi connectivity index (χ2v) is 64.7. The van der Waals surface area contributed by atoms with Crippen molar-refractivity contribution in [2.45, 2.75) is 382 Å². The third kappa shape index (κ3) is 29.4. The highest BCUT2D eigenvalue weighted by Crippen LogP contribution is 2.59. The van der Waals surface area contributed by atoms with Gasteiger partial charge in [0, 0.05) is 68.0 Å². The molecule has 8 aliphatic carbocycles. The predicted octanol–water partition coefficient (Wildman–Crippen LogP) is 21.8. The molecule has 2 aliphatic heterocycles. The minimum atomic E-state index is -2.26. The molecule has 0 spiro atoms. The van der Waals surface area contributed by atoms with Crippen LogP contribution in [-0.4, -0.2) is 209 Å². The lowest BCUT2D eigenvalue weighted by Gasteiger charge is -2.44. The minimum absolute atomic E-state index is 0.0324. The Morgan fingerprint density at radius 1 is 0.617 bits per heavy atom.